The summed E-state index contributed by atoms with van der Waals surface area (Å²) in [5, 5.41) is 15.1. The zero-order valence-corrected chi connectivity index (χ0v) is 24.7. The van der Waals surface area contributed by atoms with E-state index >= 15 is 0 Å². The summed E-state index contributed by atoms with van der Waals surface area (Å²) in [6.07, 6.45) is 1.03. The minimum atomic E-state index is -3.99. The van der Waals surface area contributed by atoms with Crippen LogP contribution in [0.3, 0.4) is 0 Å². The molecular weight excluding hydrogens is 590 g/mol. The number of carbonyl (C=O) groups is 3. The Morgan fingerprint density at radius 3 is 2.32 bits per heavy atom. The van der Waals surface area contributed by atoms with E-state index in [1.54, 1.807) is 53.6 Å². The van der Waals surface area contributed by atoms with Gasteiger partial charge in [-0.1, -0.05) is 66.7 Å². The molecule has 3 unspecified atom stereocenters. The molecule has 0 saturated carbocycles. The van der Waals surface area contributed by atoms with Gasteiger partial charge in [0.15, 0.2) is 0 Å². The van der Waals surface area contributed by atoms with Crippen LogP contribution in [0.15, 0.2) is 85.1 Å². The topological polar surface area (TPSA) is 176 Å². The van der Waals surface area contributed by atoms with E-state index < -0.39 is 59.0 Å². The minimum absolute atomic E-state index is 0.102. The van der Waals surface area contributed by atoms with Crippen LogP contribution in [0.2, 0.25) is 0 Å². The monoisotopic (exact) mass is 625 g/mol. The molecule has 3 aromatic rings. The number of pyridine rings is 1. The number of carboxylic acid groups (broad SMARTS) is 1. The molecule has 2 aromatic carbocycles. The number of carbonyl (C=O) groups excluding carboxylic acids is 2. The zero-order chi connectivity index (χ0) is 31.4. The van der Waals surface area contributed by atoms with Gasteiger partial charge < -0.3 is 30.1 Å². The van der Waals surface area contributed by atoms with Crippen molar-refractivity contribution in [2.45, 2.75) is 37.0 Å². The zero-order valence-electron chi connectivity index (χ0n) is 23.9. The lowest BCUT2D eigenvalue weighted by molar-refractivity contribution is -0.139. The summed E-state index contributed by atoms with van der Waals surface area (Å²) >= 11 is 0. The van der Waals surface area contributed by atoms with Gasteiger partial charge in [-0.15, -0.1) is 0 Å². The van der Waals surface area contributed by atoms with Crippen molar-refractivity contribution in [2.24, 2.45) is 0 Å². The molecule has 4 N–H and O–H groups in total. The van der Waals surface area contributed by atoms with Crippen LogP contribution in [0.5, 0.6) is 0 Å². The molecule has 0 radical (unpaired) electrons. The van der Waals surface area contributed by atoms with E-state index in [-0.39, 0.29) is 19.2 Å². The summed E-state index contributed by atoms with van der Waals surface area (Å²) in [6.45, 7) is -0.254. The highest BCUT2D eigenvalue weighted by Gasteiger charge is 2.37. The molecule has 3 atom stereocenters. The van der Waals surface area contributed by atoms with Gasteiger partial charge in [-0.05, 0) is 29.7 Å². The molecular formula is C30H35N5O8S. The maximum atomic E-state index is 13.0. The highest BCUT2D eigenvalue weighted by Crippen LogP contribution is 2.22. The van der Waals surface area contributed by atoms with Crippen molar-refractivity contribution in [2.75, 3.05) is 31.6 Å². The number of carboxylic acids is 1. The van der Waals surface area contributed by atoms with Crippen molar-refractivity contribution in [3.8, 4) is 0 Å². The van der Waals surface area contributed by atoms with Crippen molar-refractivity contribution in [3.63, 3.8) is 0 Å². The average molecular weight is 626 g/mol. The molecule has 0 spiro atoms. The smallest absolute Gasteiger partial charge is 0.410 e. The van der Waals surface area contributed by atoms with Gasteiger partial charge in [-0.25, -0.2) is 18.2 Å². The SMILES string of the molecule is O=C(COC1CC(CNc2ccccn2)N(C(=O)OCc2ccccc2)C1)NCC(NS(=O)(=O)Cc1ccccc1)C(=O)O. The van der Waals surface area contributed by atoms with E-state index in [2.05, 4.69) is 20.3 Å². The summed E-state index contributed by atoms with van der Waals surface area (Å²) in [6, 6.07) is 21.1. The van der Waals surface area contributed by atoms with Crippen molar-refractivity contribution in [1.82, 2.24) is 19.9 Å². The maximum absolute atomic E-state index is 13.0. The molecule has 1 aromatic heterocycles. The first kappa shape index (κ1) is 32.4. The lowest BCUT2D eigenvalue weighted by Crippen LogP contribution is -2.49. The fourth-order valence-electron chi connectivity index (χ4n) is 4.60. The number of hydrogen-bond donors (Lipinski definition) is 4. The first-order chi connectivity index (χ1) is 21.2. The van der Waals surface area contributed by atoms with Crippen LogP contribution in [-0.4, -0.2) is 85.8 Å². The van der Waals surface area contributed by atoms with E-state index in [0.29, 0.717) is 24.3 Å². The number of nitrogens with one attached hydrogen (secondary N) is 3. The summed E-state index contributed by atoms with van der Waals surface area (Å²) in [4.78, 5) is 43.0. The predicted molar refractivity (Wildman–Crippen MR) is 161 cm³/mol. The van der Waals surface area contributed by atoms with E-state index in [1.807, 2.05) is 36.4 Å². The van der Waals surface area contributed by atoms with Gasteiger partial charge in [0.05, 0.1) is 24.4 Å². The maximum Gasteiger partial charge on any atom is 0.410 e. The summed E-state index contributed by atoms with van der Waals surface area (Å²) < 4.78 is 38.4. The second-order valence-electron chi connectivity index (χ2n) is 10.2. The van der Waals surface area contributed by atoms with Gasteiger partial charge in [0.25, 0.3) is 0 Å². The highest BCUT2D eigenvalue weighted by molar-refractivity contribution is 7.88. The van der Waals surface area contributed by atoms with Crippen LogP contribution in [0.4, 0.5) is 10.6 Å². The number of anilines is 1. The largest absolute Gasteiger partial charge is 0.480 e. The normalized spacial score (nSPS) is 17.0. The molecule has 14 heteroatoms. The van der Waals surface area contributed by atoms with Gasteiger partial charge >= 0.3 is 12.1 Å². The summed E-state index contributed by atoms with van der Waals surface area (Å²) in [7, 11) is -3.99. The number of nitrogens with zero attached hydrogens (tertiary/aromatic N) is 2. The Morgan fingerprint density at radius 1 is 0.977 bits per heavy atom. The Morgan fingerprint density at radius 2 is 1.66 bits per heavy atom. The van der Waals surface area contributed by atoms with Crippen LogP contribution in [0, 0.1) is 0 Å². The molecule has 4 rings (SSSR count). The molecule has 1 fully saturated rings. The average Bonchev–Trinajstić information content (AvgIpc) is 3.44. The van der Waals surface area contributed by atoms with Crippen molar-refractivity contribution in [3.05, 3.63) is 96.2 Å². The fraction of sp³-hybridized carbons (Fsp3) is 0.333. The molecule has 2 amide bonds. The van der Waals surface area contributed by atoms with Crippen LogP contribution >= 0.6 is 0 Å². The number of sulfonamides is 1. The van der Waals surface area contributed by atoms with Crippen molar-refractivity contribution in [1.29, 1.82) is 0 Å². The number of likely N-dealkylation sites (tertiary alicyclic amines) is 1. The number of benzene rings is 2. The Labute approximate surface area is 255 Å². The van der Waals surface area contributed by atoms with Crippen LogP contribution < -0.4 is 15.4 Å². The summed E-state index contributed by atoms with van der Waals surface area (Å²) in [5.74, 6) is -1.84. The Bertz CT molecular complexity index is 1480. The number of ether oxygens (including phenoxy) is 2. The highest BCUT2D eigenvalue weighted by atomic mass is 32.2. The number of amides is 2. The molecule has 1 aliphatic rings. The second kappa shape index (κ2) is 15.8. The van der Waals surface area contributed by atoms with Gasteiger partial charge in [-0.3, -0.25) is 9.59 Å². The van der Waals surface area contributed by atoms with E-state index in [4.69, 9.17) is 9.47 Å². The Balaban J connectivity index is 1.28. The Hall–Kier alpha value is -4.53. The lowest BCUT2D eigenvalue weighted by Gasteiger charge is -2.24. The number of aliphatic carboxylic acids is 1. The second-order valence-corrected chi connectivity index (χ2v) is 11.9. The summed E-state index contributed by atoms with van der Waals surface area (Å²) in [5.41, 5.74) is 1.33. The van der Waals surface area contributed by atoms with Gasteiger partial charge in [0.2, 0.25) is 15.9 Å². The molecule has 2 heterocycles. The first-order valence-electron chi connectivity index (χ1n) is 14.0. The number of hydrogen-bond acceptors (Lipinski definition) is 9. The molecule has 0 bridgehead atoms. The first-order valence-corrected chi connectivity index (χ1v) is 15.6. The standard InChI is InChI=1S/C30H35N5O8S/c36-28(33-17-26(29(37)38)34-44(40,41)21-23-11-5-2-6-12-23)20-42-25-15-24(16-32-27-13-7-8-14-31-27)35(18-25)30(39)43-19-22-9-3-1-4-10-22/h1-14,24-26,34H,15-21H2,(H,31,32)(H,33,36)(H,37,38). The molecule has 1 aliphatic heterocycles. The quantitative estimate of drug-likeness (QED) is 0.195. The van der Waals surface area contributed by atoms with E-state index in [0.717, 1.165) is 5.56 Å². The molecule has 44 heavy (non-hydrogen) atoms. The van der Waals surface area contributed by atoms with Gasteiger partial charge in [0, 0.05) is 19.3 Å². The lowest BCUT2D eigenvalue weighted by atomic mass is 10.2. The third-order valence-corrected chi connectivity index (χ3v) is 8.13. The van der Waals surface area contributed by atoms with Crippen LogP contribution in [0.1, 0.15) is 17.5 Å². The molecule has 234 valence electrons. The Kier molecular flexibility index (Phi) is 11.6. The number of aromatic nitrogens is 1. The minimum Gasteiger partial charge on any atom is -0.480 e. The third kappa shape index (κ3) is 10.3. The van der Waals surface area contributed by atoms with E-state index in [9.17, 15) is 27.9 Å². The molecule has 13 nitrogen and oxygen atoms in total. The van der Waals surface area contributed by atoms with Crippen molar-refractivity contribution < 1.29 is 37.4 Å². The van der Waals surface area contributed by atoms with Gasteiger partial charge in [-0.2, -0.15) is 4.72 Å². The van der Waals surface area contributed by atoms with Crippen LogP contribution in [0.25, 0.3) is 0 Å². The van der Waals surface area contributed by atoms with Crippen LogP contribution in [-0.2, 0) is 41.4 Å². The molecule has 0 aliphatic carbocycles. The third-order valence-electron chi connectivity index (χ3n) is 6.77. The number of rotatable bonds is 15. The fourth-order valence-corrected chi connectivity index (χ4v) is 5.93. The molecule has 1 saturated heterocycles. The predicted octanol–water partition coefficient (Wildman–Crippen LogP) is 1.98. The van der Waals surface area contributed by atoms with Gasteiger partial charge in [0.1, 0.15) is 25.1 Å². The van der Waals surface area contributed by atoms with Crippen molar-refractivity contribution >= 4 is 33.8 Å². The van der Waals surface area contributed by atoms with E-state index in [1.165, 1.54) is 0 Å².